The molecule has 0 radical (unpaired) electrons. The molecule has 1 fully saturated rings. The normalized spacial score (nSPS) is 35.3. The highest BCUT2D eigenvalue weighted by Crippen LogP contribution is 2.37. The SMILES string of the molecule is COCC1CC(Br)CCC1C(C)C. The molecular weight excluding hydrogens is 228 g/mol. The monoisotopic (exact) mass is 248 g/mol. The Labute approximate surface area is 90.4 Å². The Morgan fingerprint density at radius 3 is 2.62 bits per heavy atom. The molecule has 1 aliphatic carbocycles. The van der Waals surface area contributed by atoms with Gasteiger partial charge in [-0.05, 0) is 37.0 Å². The average molecular weight is 249 g/mol. The van der Waals surface area contributed by atoms with Gasteiger partial charge in [-0.3, -0.25) is 0 Å². The van der Waals surface area contributed by atoms with Crippen molar-refractivity contribution in [2.24, 2.45) is 17.8 Å². The van der Waals surface area contributed by atoms with Crippen molar-refractivity contribution in [1.29, 1.82) is 0 Å². The fourth-order valence-corrected chi connectivity index (χ4v) is 3.26. The van der Waals surface area contributed by atoms with E-state index in [1.165, 1.54) is 19.3 Å². The van der Waals surface area contributed by atoms with Gasteiger partial charge in [0.1, 0.15) is 0 Å². The number of hydrogen-bond donors (Lipinski definition) is 0. The molecular formula is C11H21BrO. The van der Waals surface area contributed by atoms with E-state index in [4.69, 9.17) is 4.74 Å². The third-order valence-electron chi connectivity index (χ3n) is 3.21. The maximum absolute atomic E-state index is 5.29. The molecule has 1 rings (SSSR count). The maximum Gasteiger partial charge on any atom is 0.0493 e. The van der Waals surface area contributed by atoms with Gasteiger partial charge < -0.3 is 4.74 Å². The molecule has 78 valence electrons. The van der Waals surface area contributed by atoms with Gasteiger partial charge >= 0.3 is 0 Å². The quantitative estimate of drug-likeness (QED) is 0.696. The van der Waals surface area contributed by atoms with Crippen LogP contribution < -0.4 is 0 Å². The van der Waals surface area contributed by atoms with Crippen LogP contribution in [0.3, 0.4) is 0 Å². The first kappa shape index (κ1) is 11.5. The molecule has 0 aromatic heterocycles. The topological polar surface area (TPSA) is 9.23 Å². The van der Waals surface area contributed by atoms with E-state index in [0.29, 0.717) is 0 Å². The first-order valence-corrected chi connectivity index (χ1v) is 6.19. The zero-order valence-corrected chi connectivity index (χ0v) is 10.5. The second-order valence-electron chi connectivity index (χ2n) is 4.53. The minimum atomic E-state index is 0.725. The second kappa shape index (κ2) is 5.35. The van der Waals surface area contributed by atoms with Gasteiger partial charge in [-0.1, -0.05) is 29.8 Å². The Morgan fingerprint density at radius 1 is 1.38 bits per heavy atom. The lowest BCUT2D eigenvalue weighted by atomic mass is 9.74. The molecule has 0 saturated heterocycles. The summed E-state index contributed by atoms with van der Waals surface area (Å²) in [4.78, 5) is 0.725. The van der Waals surface area contributed by atoms with Gasteiger partial charge in [0.15, 0.2) is 0 Å². The van der Waals surface area contributed by atoms with Gasteiger partial charge in [-0.25, -0.2) is 0 Å². The van der Waals surface area contributed by atoms with Crippen molar-refractivity contribution in [3.8, 4) is 0 Å². The summed E-state index contributed by atoms with van der Waals surface area (Å²) in [5.74, 6) is 2.44. The Bertz CT molecular complexity index is 147. The van der Waals surface area contributed by atoms with Gasteiger partial charge in [0.2, 0.25) is 0 Å². The van der Waals surface area contributed by atoms with Crippen molar-refractivity contribution in [2.45, 2.75) is 37.9 Å². The van der Waals surface area contributed by atoms with Crippen LogP contribution in [0, 0.1) is 17.8 Å². The highest BCUT2D eigenvalue weighted by Gasteiger charge is 2.30. The summed E-state index contributed by atoms with van der Waals surface area (Å²) in [7, 11) is 1.81. The molecule has 13 heavy (non-hydrogen) atoms. The molecule has 0 amide bonds. The molecule has 3 atom stereocenters. The van der Waals surface area contributed by atoms with Crippen molar-refractivity contribution in [1.82, 2.24) is 0 Å². The van der Waals surface area contributed by atoms with Gasteiger partial charge in [0.05, 0.1) is 0 Å². The molecule has 0 N–H and O–H groups in total. The van der Waals surface area contributed by atoms with E-state index in [1.807, 2.05) is 7.11 Å². The van der Waals surface area contributed by atoms with Crippen LogP contribution in [0.4, 0.5) is 0 Å². The van der Waals surface area contributed by atoms with Crippen LogP contribution in [0.5, 0.6) is 0 Å². The molecule has 0 spiro atoms. The van der Waals surface area contributed by atoms with Crippen LogP contribution in [0.1, 0.15) is 33.1 Å². The van der Waals surface area contributed by atoms with Crippen LogP contribution >= 0.6 is 15.9 Å². The summed E-state index contributed by atoms with van der Waals surface area (Å²) in [6, 6.07) is 0. The van der Waals surface area contributed by atoms with Crippen LogP contribution in [0.25, 0.3) is 0 Å². The number of alkyl halides is 1. The minimum absolute atomic E-state index is 0.725. The first-order valence-electron chi connectivity index (χ1n) is 5.28. The third kappa shape index (κ3) is 3.25. The minimum Gasteiger partial charge on any atom is -0.384 e. The average Bonchev–Trinajstić information content (AvgIpc) is 2.04. The fourth-order valence-electron chi connectivity index (χ4n) is 2.51. The van der Waals surface area contributed by atoms with Crippen molar-refractivity contribution >= 4 is 15.9 Å². The predicted molar refractivity (Wildman–Crippen MR) is 60.3 cm³/mol. The van der Waals surface area contributed by atoms with Crippen LogP contribution in [0.2, 0.25) is 0 Å². The molecule has 0 aromatic carbocycles. The zero-order valence-electron chi connectivity index (χ0n) is 8.92. The van der Waals surface area contributed by atoms with Crippen molar-refractivity contribution < 1.29 is 4.74 Å². The van der Waals surface area contributed by atoms with E-state index < -0.39 is 0 Å². The molecule has 2 heteroatoms. The fraction of sp³-hybridized carbons (Fsp3) is 1.00. The number of rotatable bonds is 3. The lowest BCUT2D eigenvalue weighted by Crippen LogP contribution is -2.31. The Morgan fingerprint density at radius 2 is 2.08 bits per heavy atom. The number of ether oxygens (including phenoxy) is 1. The van der Waals surface area contributed by atoms with Crippen molar-refractivity contribution in [3.05, 3.63) is 0 Å². The summed E-state index contributed by atoms with van der Waals surface area (Å²) in [5.41, 5.74) is 0. The highest BCUT2D eigenvalue weighted by molar-refractivity contribution is 9.09. The summed E-state index contributed by atoms with van der Waals surface area (Å²) < 4.78 is 5.29. The molecule has 1 saturated carbocycles. The standard InChI is InChI=1S/C11H21BrO/c1-8(2)11-5-4-10(12)6-9(11)7-13-3/h8-11H,4-7H2,1-3H3. The highest BCUT2D eigenvalue weighted by atomic mass is 79.9. The number of methoxy groups -OCH3 is 1. The van der Waals surface area contributed by atoms with Crippen LogP contribution in [-0.4, -0.2) is 18.5 Å². The zero-order chi connectivity index (χ0) is 9.84. The molecule has 0 bridgehead atoms. The summed E-state index contributed by atoms with van der Waals surface area (Å²) in [5, 5.41) is 0. The Kier molecular flexibility index (Phi) is 4.74. The van der Waals surface area contributed by atoms with E-state index in [9.17, 15) is 0 Å². The molecule has 1 aliphatic rings. The lowest BCUT2D eigenvalue weighted by molar-refractivity contribution is 0.0770. The molecule has 3 unspecified atom stereocenters. The largest absolute Gasteiger partial charge is 0.384 e. The van der Waals surface area contributed by atoms with E-state index in [2.05, 4.69) is 29.8 Å². The predicted octanol–water partition coefficient (Wildman–Crippen LogP) is 3.47. The third-order valence-corrected chi connectivity index (χ3v) is 4.05. The first-order chi connectivity index (χ1) is 6.15. The summed E-state index contributed by atoms with van der Waals surface area (Å²) in [6.07, 6.45) is 3.99. The summed E-state index contributed by atoms with van der Waals surface area (Å²) in [6.45, 7) is 5.61. The van der Waals surface area contributed by atoms with Gasteiger partial charge in [0.25, 0.3) is 0 Å². The summed E-state index contributed by atoms with van der Waals surface area (Å²) >= 11 is 3.72. The van der Waals surface area contributed by atoms with Crippen molar-refractivity contribution in [3.63, 3.8) is 0 Å². The van der Waals surface area contributed by atoms with E-state index in [1.54, 1.807) is 0 Å². The lowest BCUT2D eigenvalue weighted by Gasteiger charge is -2.36. The van der Waals surface area contributed by atoms with Crippen LogP contribution in [0.15, 0.2) is 0 Å². The van der Waals surface area contributed by atoms with Gasteiger partial charge in [-0.2, -0.15) is 0 Å². The Hall–Kier alpha value is 0.440. The maximum atomic E-state index is 5.29. The molecule has 0 heterocycles. The molecule has 0 aliphatic heterocycles. The van der Waals surface area contributed by atoms with Crippen molar-refractivity contribution in [2.75, 3.05) is 13.7 Å². The van der Waals surface area contributed by atoms with E-state index in [-0.39, 0.29) is 0 Å². The molecule has 1 nitrogen and oxygen atoms in total. The van der Waals surface area contributed by atoms with E-state index >= 15 is 0 Å². The smallest absolute Gasteiger partial charge is 0.0493 e. The molecule has 0 aromatic rings. The van der Waals surface area contributed by atoms with Gasteiger partial charge in [0, 0.05) is 18.5 Å². The van der Waals surface area contributed by atoms with E-state index in [0.717, 1.165) is 29.2 Å². The van der Waals surface area contributed by atoms with Gasteiger partial charge in [-0.15, -0.1) is 0 Å². The second-order valence-corrected chi connectivity index (χ2v) is 5.83. The van der Waals surface area contributed by atoms with Crippen LogP contribution in [-0.2, 0) is 4.74 Å². The number of halogens is 1. The number of hydrogen-bond acceptors (Lipinski definition) is 1. The Balaban J connectivity index is 2.50.